The number of nitrogens with zero attached hydrogens (tertiary/aromatic N) is 3. The van der Waals surface area contributed by atoms with Crippen LogP contribution in [0.5, 0.6) is 0 Å². The summed E-state index contributed by atoms with van der Waals surface area (Å²) >= 11 is 0. The number of hydrogen-bond acceptors (Lipinski definition) is 5. The van der Waals surface area contributed by atoms with Crippen molar-refractivity contribution in [2.45, 2.75) is 13.1 Å². The van der Waals surface area contributed by atoms with Crippen LogP contribution in [0.15, 0.2) is 0 Å². The summed E-state index contributed by atoms with van der Waals surface area (Å²) < 4.78 is 0. The Morgan fingerprint density at radius 3 is 2.88 bits per heavy atom. The highest BCUT2D eigenvalue weighted by Crippen LogP contribution is 2.28. The molecule has 82 valence electrons. The number of aromatic nitrogens is 1. The molecule has 0 aliphatic carbocycles. The van der Waals surface area contributed by atoms with Crippen LogP contribution >= 0.6 is 0 Å². The van der Waals surface area contributed by atoms with E-state index in [-0.39, 0.29) is 16.9 Å². The Kier molecular flexibility index (Phi) is 2.25. The maximum absolute atomic E-state index is 11.1. The van der Waals surface area contributed by atoms with Crippen molar-refractivity contribution in [1.82, 2.24) is 9.88 Å². The van der Waals surface area contributed by atoms with Crippen molar-refractivity contribution in [3.8, 4) is 6.07 Å². The van der Waals surface area contributed by atoms with Crippen LogP contribution in [0.3, 0.4) is 0 Å². The number of rotatable bonds is 1. The van der Waals surface area contributed by atoms with E-state index < -0.39 is 5.97 Å². The Bertz CT molecular complexity index is 519. The third-order valence-corrected chi connectivity index (χ3v) is 2.59. The largest absolute Gasteiger partial charge is 0.478 e. The van der Waals surface area contributed by atoms with Crippen LogP contribution in [0.25, 0.3) is 0 Å². The molecule has 6 nitrogen and oxygen atoms in total. The van der Waals surface area contributed by atoms with Crippen molar-refractivity contribution in [3.05, 3.63) is 22.4 Å². The minimum atomic E-state index is -1.13. The van der Waals surface area contributed by atoms with E-state index in [0.29, 0.717) is 24.3 Å². The lowest BCUT2D eigenvalue weighted by Crippen LogP contribution is -2.11. The Morgan fingerprint density at radius 1 is 1.62 bits per heavy atom. The third kappa shape index (κ3) is 1.38. The summed E-state index contributed by atoms with van der Waals surface area (Å²) in [5.41, 5.74) is 6.77. The molecular formula is C10H10N4O2. The fraction of sp³-hybridized carbons (Fsp3) is 0.300. The normalized spacial score (nSPS) is 14.5. The molecule has 0 aromatic carbocycles. The molecule has 3 N–H and O–H groups in total. The molecule has 0 unspecified atom stereocenters. The van der Waals surface area contributed by atoms with Gasteiger partial charge < -0.3 is 10.8 Å². The van der Waals surface area contributed by atoms with Crippen molar-refractivity contribution < 1.29 is 9.90 Å². The Morgan fingerprint density at radius 2 is 2.31 bits per heavy atom. The van der Waals surface area contributed by atoms with Crippen LogP contribution in [0, 0.1) is 11.3 Å². The van der Waals surface area contributed by atoms with Gasteiger partial charge in [-0.1, -0.05) is 0 Å². The molecule has 2 rings (SSSR count). The topological polar surface area (TPSA) is 103 Å². The summed E-state index contributed by atoms with van der Waals surface area (Å²) in [6.45, 7) is 1.05. The first-order chi connectivity index (χ1) is 7.54. The molecular weight excluding hydrogens is 208 g/mol. The molecule has 0 fully saturated rings. The van der Waals surface area contributed by atoms with Gasteiger partial charge in [-0.3, -0.25) is 4.90 Å². The zero-order chi connectivity index (χ0) is 11.9. The molecule has 0 amide bonds. The van der Waals surface area contributed by atoms with Gasteiger partial charge in [-0.2, -0.15) is 5.26 Å². The van der Waals surface area contributed by atoms with Gasteiger partial charge in [0.2, 0.25) is 0 Å². The van der Waals surface area contributed by atoms with Gasteiger partial charge in [-0.25, -0.2) is 9.78 Å². The highest BCUT2D eigenvalue weighted by atomic mass is 16.4. The monoisotopic (exact) mass is 218 g/mol. The third-order valence-electron chi connectivity index (χ3n) is 2.59. The van der Waals surface area contributed by atoms with Gasteiger partial charge in [0, 0.05) is 18.7 Å². The number of aromatic carboxylic acids is 1. The van der Waals surface area contributed by atoms with Gasteiger partial charge in [0.05, 0.1) is 11.3 Å². The van der Waals surface area contributed by atoms with E-state index in [2.05, 4.69) is 4.98 Å². The fourth-order valence-electron chi connectivity index (χ4n) is 1.92. The molecule has 16 heavy (non-hydrogen) atoms. The van der Waals surface area contributed by atoms with Crippen LogP contribution in [0.2, 0.25) is 0 Å². The lowest BCUT2D eigenvalue weighted by molar-refractivity contribution is 0.0695. The SMILES string of the molecule is CN1Cc2nc(N)c(C#N)c(C(=O)O)c2C1. The first-order valence-electron chi connectivity index (χ1n) is 4.67. The summed E-state index contributed by atoms with van der Waals surface area (Å²) in [7, 11) is 1.86. The summed E-state index contributed by atoms with van der Waals surface area (Å²) in [4.78, 5) is 17.1. The van der Waals surface area contributed by atoms with Gasteiger partial charge in [-0.15, -0.1) is 0 Å². The van der Waals surface area contributed by atoms with Gasteiger partial charge in [-0.05, 0) is 7.05 Å². The Hall–Kier alpha value is -2.13. The molecule has 1 aliphatic rings. The molecule has 0 saturated carbocycles. The minimum Gasteiger partial charge on any atom is -0.478 e. The van der Waals surface area contributed by atoms with E-state index >= 15 is 0 Å². The summed E-state index contributed by atoms with van der Waals surface area (Å²) in [6.07, 6.45) is 0. The van der Waals surface area contributed by atoms with Crippen LogP contribution in [-0.4, -0.2) is 28.0 Å². The molecule has 0 saturated heterocycles. The number of anilines is 1. The van der Waals surface area contributed by atoms with Crippen LogP contribution in [-0.2, 0) is 13.1 Å². The van der Waals surface area contributed by atoms with Crippen molar-refractivity contribution in [3.63, 3.8) is 0 Å². The molecule has 1 aromatic rings. The number of nitrogen functional groups attached to an aromatic ring is 1. The lowest BCUT2D eigenvalue weighted by Gasteiger charge is -2.07. The second kappa shape index (κ2) is 3.47. The van der Waals surface area contributed by atoms with Crippen LogP contribution in [0.1, 0.15) is 27.2 Å². The summed E-state index contributed by atoms with van der Waals surface area (Å²) in [5.74, 6) is -1.13. The molecule has 1 aromatic heterocycles. The average Bonchev–Trinajstić information content (AvgIpc) is 2.55. The molecule has 0 spiro atoms. The first-order valence-corrected chi connectivity index (χ1v) is 4.67. The number of hydrogen-bond donors (Lipinski definition) is 2. The highest BCUT2D eigenvalue weighted by molar-refractivity contribution is 5.94. The van der Waals surface area contributed by atoms with E-state index in [4.69, 9.17) is 16.1 Å². The van der Waals surface area contributed by atoms with Gasteiger partial charge >= 0.3 is 5.97 Å². The predicted octanol–water partition coefficient (Wildman–Crippen LogP) is 0.179. The standard InChI is InChI=1S/C10H10N4O2/c1-14-3-6-7(4-14)13-9(12)5(2-11)8(6)10(15)16/h3-4H2,1H3,(H2,12,13)(H,15,16). The first kappa shape index (κ1) is 10.4. The Labute approximate surface area is 91.9 Å². The van der Waals surface area contributed by atoms with Crippen molar-refractivity contribution >= 4 is 11.8 Å². The van der Waals surface area contributed by atoms with Crippen LogP contribution in [0.4, 0.5) is 5.82 Å². The maximum Gasteiger partial charge on any atom is 0.337 e. The lowest BCUT2D eigenvalue weighted by atomic mass is 10.0. The minimum absolute atomic E-state index is 0.00523. The summed E-state index contributed by atoms with van der Waals surface area (Å²) in [6, 6.07) is 1.80. The number of nitriles is 1. The predicted molar refractivity (Wildman–Crippen MR) is 55.5 cm³/mol. The van der Waals surface area contributed by atoms with E-state index in [1.165, 1.54) is 0 Å². The van der Waals surface area contributed by atoms with Crippen LogP contribution < -0.4 is 5.73 Å². The molecule has 6 heteroatoms. The van der Waals surface area contributed by atoms with Crippen molar-refractivity contribution in [2.75, 3.05) is 12.8 Å². The second-order valence-electron chi connectivity index (χ2n) is 3.76. The van der Waals surface area contributed by atoms with Gasteiger partial charge in [0.15, 0.2) is 0 Å². The number of nitrogens with two attached hydrogens (primary N) is 1. The highest BCUT2D eigenvalue weighted by Gasteiger charge is 2.28. The molecule has 0 bridgehead atoms. The van der Waals surface area contributed by atoms with Gasteiger partial charge in [0.25, 0.3) is 0 Å². The van der Waals surface area contributed by atoms with E-state index in [1.807, 2.05) is 11.9 Å². The van der Waals surface area contributed by atoms with Crippen molar-refractivity contribution in [2.24, 2.45) is 0 Å². The van der Waals surface area contributed by atoms with Gasteiger partial charge in [0.1, 0.15) is 17.5 Å². The summed E-state index contributed by atoms with van der Waals surface area (Å²) in [5, 5.41) is 18.0. The number of carboxylic acids is 1. The Balaban J connectivity index is 2.74. The molecule has 1 aliphatic heterocycles. The average molecular weight is 218 g/mol. The van der Waals surface area contributed by atoms with E-state index in [9.17, 15) is 4.79 Å². The quantitative estimate of drug-likeness (QED) is 0.696. The fourth-order valence-corrected chi connectivity index (χ4v) is 1.92. The molecule has 0 radical (unpaired) electrons. The van der Waals surface area contributed by atoms with Crippen molar-refractivity contribution in [1.29, 1.82) is 5.26 Å². The number of carbonyl (C=O) groups is 1. The maximum atomic E-state index is 11.1. The zero-order valence-electron chi connectivity index (χ0n) is 8.69. The number of carboxylic acid groups (broad SMARTS) is 1. The molecule has 0 atom stereocenters. The van der Waals surface area contributed by atoms with E-state index in [1.54, 1.807) is 6.07 Å². The van der Waals surface area contributed by atoms with E-state index in [0.717, 1.165) is 0 Å². The zero-order valence-corrected chi connectivity index (χ0v) is 8.69. The number of pyridine rings is 1. The molecule has 2 heterocycles. The second-order valence-corrected chi connectivity index (χ2v) is 3.76. The number of fused-ring (bicyclic) bond motifs is 1. The smallest absolute Gasteiger partial charge is 0.337 e.